The fraction of sp³-hybridized carbons (Fsp3) is 0.217. The summed E-state index contributed by atoms with van der Waals surface area (Å²) in [6.45, 7) is 0. The molecule has 0 fully saturated rings. The van der Waals surface area contributed by atoms with Crippen molar-refractivity contribution in [3.8, 4) is 69.0 Å². The van der Waals surface area contributed by atoms with Gasteiger partial charge in [-0.2, -0.15) is 0 Å². The van der Waals surface area contributed by atoms with Crippen LogP contribution in [0.5, 0.6) is 69.0 Å². The zero-order chi connectivity index (χ0) is 41.7. The number of rotatable bonds is 15. The van der Waals surface area contributed by atoms with Gasteiger partial charge in [-0.3, -0.25) is 0 Å². The summed E-state index contributed by atoms with van der Waals surface area (Å²) in [6, 6.07) is 24.8. The molecule has 6 aromatic rings. The maximum absolute atomic E-state index is 11.2. The monoisotopic (exact) mass is 790 g/mol. The molecule has 0 spiro atoms. The molecule has 12 nitrogen and oxygen atoms in total. The van der Waals surface area contributed by atoms with E-state index in [2.05, 4.69) is 0 Å². The number of phenolic OH excluding ortho intramolecular Hbond substituents is 12. The molecular formula is C46H46O12. The molecule has 0 aliphatic rings. The molecule has 0 aromatic heterocycles. The first-order chi connectivity index (χ1) is 27.6. The topological polar surface area (TPSA) is 243 Å². The van der Waals surface area contributed by atoms with Gasteiger partial charge in [-0.25, -0.2) is 0 Å². The minimum absolute atomic E-state index is 0.0206. The number of hydrogen-bond acceptors (Lipinski definition) is 12. The zero-order valence-corrected chi connectivity index (χ0v) is 31.4. The van der Waals surface area contributed by atoms with Gasteiger partial charge in [0.1, 0.15) is 34.5 Å². The van der Waals surface area contributed by atoms with Gasteiger partial charge in [0.25, 0.3) is 0 Å². The van der Waals surface area contributed by atoms with Gasteiger partial charge in [-0.15, -0.1) is 0 Å². The molecule has 6 rings (SSSR count). The minimum atomic E-state index is -0.607. The van der Waals surface area contributed by atoms with Crippen LogP contribution >= 0.6 is 0 Å². The molecule has 0 unspecified atom stereocenters. The first-order valence-electron chi connectivity index (χ1n) is 18.8. The number of benzene rings is 6. The van der Waals surface area contributed by atoms with Crippen LogP contribution in [-0.2, 0) is 44.9 Å². The average molecular weight is 791 g/mol. The summed E-state index contributed by atoms with van der Waals surface area (Å²) >= 11 is 0. The molecule has 58 heavy (non-hydrogen) atoms. The van der Waals surface area contributed by atoms with Crippen LogP contribution in [0.15, 0.2) is 97.1 Å². The second-order valence-electron chi connectivity index (χ2n) is 14.8. The van der Waals surface area contributed by atoms with Gasteiger partial charge in [-0.05, 0) is 168 Å². The van der Waals surface area contributed by atoms with E-state index in [1.807, 2.05) is 12.1 Å². The Kier molecular flexibility index (Phi) is 12.2. The van der Waals surface area contributed by atoms with Gasteiger partial charge in [-0.1, -0.05) is 24.3 Å². The number of aryl methyl sites for hydroxylation is 5. The molecule has 0 aliphatic heterocycles. The predicted molar refractivity (Wildman–Crippen MR) is 215 cm³/mol. The predicted octanol–water partition coefficient (Wildman–Crippen LogP) is 7.54. The Morgan fingerprint density at radius 2 is 0.707 bits per heavy atom. The van der Waals surface area contributed by atoms with Crippen LogP contribution in [-0.4, -0.2) is 61.3 Å². The van der Waals surface area contributed by atoms with E-state index in [-0.39, 0.29) is 46.3 Å². The van der Waals surface area contributed by atoms with Crippen molar-refractivity contribution in [1.29, 1.82) is 0 Å². The molecule has 0 amide bonds. The maximum atomic E-state index is 11.2. The fourth-order valence-corrected chi connectivity index (χ4v) is 7.61. The van der Waals surface area contributed by atoms with E-state index in [0.717, 1.165) is 11.1 Å². The van der Waals surface area contributed by atoms with E-state index < -0.39 is 34.5 Å². The summed E-state index contributed by atoms with van der Waals surface area (Å²) in [4.78, 5) is 0. The van der Waals surface area contributed by atoms with E-state index >= 15 is 0 Å². The van der Waals surface area contributed by atoms with Gasteiger partial charge in [0, 0.05) is 12.1 Å². The second-order valence-corrected chi connectivity index (χ2v) is 14.8. The van der Waals surface area contributed by atoms with E-state index in [4.69, 9.17) is 0 Å². The highest BCUT2D eigenvalue weighted by molar-refractivity contribution is 5.52. The summed E-state index contributed by atoms with van der Waals surface area (Å²) in [5.41, 5.74) is 5.18. The Hall–Kier alpha value is -7.08. The molecular weight excluding hydrogens is 744 g/mol. The summed E-state index contributed by atoms with van der Waals surface area (Å²) in [7, 11) is 0. The summed E-state index contributed by atoms with van der Waals surface area (Å²) in [6.07, 6.45) is 3.11. The minimum Gasteiger partial charge on any atom is -0.508 e. The van der Waals surface area contributed by atoms with Crippen LogP contribution in [0, 0.1) is 5.92 Å². The Morgan fingerprint density at radius 3 is 1.14 bits per heavy atom. The largest absolute Gasteiger partial charge is 0.508 e. The molecule has 0 aliphatic carbocycles. The molecule has 0 saturated heterocycles. The third-order valence-electron chi connectivity index (χ3n) is 10.6. The smallest absolute Gasteiger partial charge is 0.200 e. The summed E-state index contributed by atoms with van der Waals surface area (Å²) in [5.74, 6) is -4.03. The fourth-order valence-electron chi connectivity index (χ4n) is 7.61. The van der Waals surface area contributed by atoms with Crippen molar-refractivity contribution in [3.05, 3.63) is 142 Å². The highest BCUT2D eigenvalue weighted by Crippen LogP contribution is 2.41. The lowest BCUT2D eigenvalue weighted by molar-refractivity contribution is 0.367. The number of phenols is 12. The van der Waals surface area contributed by atoms with Gasteiger partial charge >= 0.3 is 0 Å². The molecule has 6 aromatic carbocycles. The van der Waals surface area contributed by atoms with E-state index in [1.165, 1.54) is 36.4 Å². The number of aromatic hydroxyl groups is 12. The maximum Gasteiger partial charge on any atom is 0.200 e. The second kappa shape index (κ2) is 17.4. The summed E-state index contributed by atoms with van der Waals surface area (Å²) < 4.78 is 0. The Labute approximate surface area is 334 Å². The molecule has 0 saturated carbocycles. The standard InChI is InChI=1S/C46H46O12/c47-34-12-26(13-35(48)23-34)5-10-32(11-25-1-6-30(39(51)15-25)8-3-28-17-41(53)45(57)42(54)18-28)38(33-21-36(49)24-37(50)22-33)14-27-2-7-31(40(52)16-27)9-4-29-19-43(55)46(58)44(56)20-29/h1-2,6-7,12-13,15-24,32,38,47-58H,3-5,8-11,14H2/t32-,38-/m0/s1. The Balaban J connectivity index is 1.29. The highest BCUT2D eigenvalue weighted by atomic mass is 16.3. The van der Waals surface area contributed by atoms with Gasteiger partial charge in [0.15, 0.2) is 34.5 Å². The van der Waals surface area contributed by atoms with Crippen LogP contribution in [0.4, 0.5) is 0 Å². The first-order valence-corrected chi connectivity index (χ1v) is 18.8. The van der Waals surface area contributed by atoms with Crippen LogP contribution in [0.1, 0.15) is 56.8 Å². The van der Waals surface area contributed by atoms with Gasteiger partial charge in [0.05, 0.1) is 0 Å². The molecule has 12 heteroatoms. The van der Waals surface area contributed by atoms with Crippen molar-refractivity contribution in [1.82, 2.24) is 0 Å². The van der Waals surface area contributed by atoms with Crippen LogP contribution < -0.4 is 0 Å². The van der Waals surface area contributed by atoms with E-state index in [9.17, 15) is 61.3 Å². The lowest BCUT2D eigenvalue weighted by Gasteiger charge is -2.29. The lowest BCUT2D eigenvalue weighted by Crippen LogP contribution is -2.19. The Bertz CT molecular complexity index is 2340. The quantitative estimate of drug-likeness (QED) is 0.0452. The van der Waals surface area contributed by atoms with Gasteiger partial charge < -0.3 is 61.3 Å². The average Bonchev–Trinajstić information content (AvgIpc) is 3.15. The van der Waals surface area contributed by atoms with Crippen molar-refractivity contribution >= 4 is 0 Å². The van der Waals surface area contributed by atoms with Crippen LogP contribution in [0.2, 0.25) is 0 Å². The third kappa shape index (κ3) is 10.0. The summed E-state index contributed by atoms with van der Waals surface area (Å²) in [5, 5.41) is 123. The molecule has 302 valence electrons. The van der Waals surface area contributed by atoms with Crippen molar-refractivity contribution in [2.45, 2.75) is 57.3 Å². The molecule has 0 bridgehead atoms. The van der Waals surface area contributed by atoms with E-state index in [0.29, 0.717) is 84.7 Å². The van der Waals surface area contributed by atoms with Crippen molar-refractivity contribution in [2.75, 3.05) is 0 Å². The molecule has 2 atom stereocenters. The first kappa shape index (κ1) is 40.6. The lowest BCUT2D eigenvalue weighted by atomic mass is 9.75. The van der Waals surface area contributed by atoms with E-state index in [1.54, 1.807) is 48.5 Å². The highest BCUT2D eigenvalue weighted by Gasteiger charge is 2.26. The normalized spacial score (nSPS) is 12.3. The van der Waals surface area contributed by atoms with Crippen molar-refractivity contribution in [3.63, 3.8) is 0 Å². The molecule has 0 heterocycles. The number of hydrogen-bond donors (Lipinski definition) is 12. The SMILES string of the molecule is Oc1cc(O)cc(CC[C@@H](Cc2ccc(CCc3cc(O)c(O)c(O)c3)c(O)c2)[C@H](Cc2ccc(CCc3cc(O)c(O)c(O)c3)c(O)c2)c2cc(O)cc(O)c2)c1. The zero-order valence-electron chi connectivity index (χ0n) is 31.4. The van der Waals surface area contributed by atoms with Crippen molar-refractivity contribution < 1.29 is 61.3 Å². The molecule has 0 radical (unpaired) electrons. The van der Waals surface area contributed by atoms with Crippen LogP contribution in [0.25, 0.3) is 0 Å². The van der Waals surface area contributed by atoms with Crippen molar-refractivity contribution in [2.24, 2.45) is 5.92 Å². The third-order valence-corrected chi connectivity index (χ3v) is 10.6. The Morgan fingerprint density at radius 1 is 0.328 bits per heavy atom. The molecule has 12 N–H and O–H groups in total. The van der Waals surface area contributed by atoms with Gasteiger partial charge in [0.2, 0.25) is 0 Å². The van der Waals surface area contributed by atoms with Crippen LogP contribution in [0.3, 0.4) is 0 Å².